The first-order valence-electron chi connectivity index (χ1n) is 6.67. The molecule has 0 saturated carbocycles. The Bertz CT molecular complexity index is 652. The quantitative estimate of drug-likeness (QED) is 0.743. The summed E-state index contributed by atoms with van der Waals surface area (Å²) in [7, 11) is 0. The van der Waals surface area contributed by atoms with E-state index in [0.29, 0.717) is 6.42 Å². The molecule has 1 aliphatic heterocycles. The van der Waals surface area contributed by atoms with E-state index in [4.69, 9.17) is 5.73 Å². The molecule has 4 heteroatoms. The molecule has 1 amide bonds. The van der Waals surface area contributed by atoms with Crippen molar-refractivity contribution in [2.45, 2.75) is 19.5 Å². The van der Waals surface area contributed by atoms with Crippen LogP contribution in [0.15, 0.2) is 42.5 Å². The fourth-order valence-corrected chi connectivity index (χ4v) is 2.45. The maximum atomic E-state index is 11.3. The van der Waals surface area contributed by atoms with Gasteiger partial charge in [-0.1, -0.05) is 24.3 Å². The maximum absolute atomic E-state index is 11.3. The first-order valence-corrected chi connectivity index (χ1v) is 6.67. The normalized spacial score (nSPS) is 13.1. The van der Waals surface area contributed by atoms with Crippen molar-refractivity contribution in [1.82, 2.24) is 5.32 Å². The number of hydrogen-bond donors (Lipinski definition) is 3. The monoisotopic (exact) mass is 267 g/mol. The van der Waals surface area contributed by atoms with Crippen LogP contribution < -0.4 is 16.4 Å². The number of carbonyl (C=O) groups excluding carboxylic acids is 1. The predicted octanol–water partition coefficient (Wildman–Crippen LogP) is 2.05. The molecule has 0 unspecified atom stereocenters. The van der Waals surface area contributed by atoms with Gasteiger partial charge < -0.3 is 16.4 Å². The van der Waals surface area contributed by atoms with Gasteiger partial charge >= 0.3 is 0 Å². The molecule has 3 rings (SSSR count). The number of rotatable bonds is 4. The zero-order valence-electron chi connectivity index (χ0n) is 11.1. The summed E-state index contributed by atoms with van der Waals surface area (Å²) >= 11 is 0. The summed E-state index contributed by atoms with van der Waals surface area (Å²) in [4.78, 5) is 11.3. The Morgan fingerprint density at radius 1 is 1.10 bits per heavy atom. The largest absolute Gasteiger partial charge is 0.399 e. The van der Waals surface area contributed by atoms with Crippen molar-refractivity contribution in [3.63, 3.8) is 0 Å². The standard InChI is InChI=1S/C16H17N3O/c17-14-3-1-2-11(7-14)9-18-10-12-4-5-15-13(6-12)8-16(20)19-15/h1-7,18H,8-10,17H2,(H,19,20). The number of nitrogens with one attached hydrogen (secondary N) is 2. The molecule has 2 aromatic carbocycles. The van der Waals surface area contributed by atoms with Crippen LogP contribution in [0, 0.1) is 0 Å². The molecule has 20 heavy (non-hydrogen) atoms. The lowest BCUT2D eigenvalue weighted by Crippen LogP contribution is -2.12. The number of hydrogen-bond acceptors (Lipinski definition) is 3. The molecule has 0 aliphatic carbocycles. The van der Waals surface area contributed by atoms with Crippen molar-refractivity contribution in [1.29, 1.82) is 0 Å². The first kappa shape index (κ1) is 12.7. The Morgan fingerprint density at radius 2 is 1.90 bits per heavy atom. The van der Waals surface area contributed by atoms with Crippen molar-refractivity contribution >= 4 is 17.3 Å². The number of benzene rings is 2. The fourth-order valence-electron chi connectivity index (χ4n) is 2.45. The lowest BCUT2D eigenvalue weighted by molar-refractivity contribution is -0.115. The number of nitrogen functional groups attached to an aromatic ring is 1. The number of amides is 1. The zero-order valence-corrected chi connectivity index (χ0v) is 11.1. The van der Waals surface area contributed by atoms with Gasteiger partial charge in [-0.25, -0.2) is 0 Å². The second-order valence-electron chi connectivity index (χ2n) is 5.07. The fraction of sp³-hybridized carbons (Fsp3) is 0.188. The summed E-state index contributed by atoms with van der Waals surface area (Å²) in [6, 6.07) is 14.0. The van der Waals surface area contributed by atoms with Crippen LogP contribution in [0.2, 0.25) is 0 Å². The van der Waals surface area contributed by atoms with Crippen molar-refractivity contribution in [3.8, 4) is 0 Å². The van der Waals surface area contributed by atoms with E-state index in [1.807, 2.05) is 30.3 Å². The highest BCUT2D eigenvalue weighted by molar-refractivity contribution is 5.99. The van der Waals surface area contributed by atoms with E-state index in [0.717, 1.165) is 30.0 Å². The van der Waals surface area contributed by atoms with Crippen molar-refractivity contribution < 1.29 is 4.79 Å². The molecule has 0 bridgehead atoms. The molecule has 1 heterocycles. The van der Waals surface area contributed by atoms with Gasteiger partial charge in [-0.05, 0) is 34.9 Å². The lowest BCUT2D eigenvalue weighted by atomic mass is 10.1. The third-order valence-electron chi connectivity index (χ3n) is 3.40. The maximum Gasteiger partial charge on any atom is 0.228 e. The topological polar surface area (TPSA) is 67.1 Å². The molecule has 0 fully saturated rings. The Balaban J connectivity index is 1.59. The predicted molar refractivity (Wildman–Crippen MR) is 80.2 cm³/mol. The number of nitrogens with two attached hydrogens (primary N) is 1. The van der Waals surface area contributed by atoms with Gasteiger partial charge in [-0.15, -0.1) is 0 Å². The third kappa shape index (κ3) is 2.81. The molecule has 0 aromatic heterocycles. The minimum absolute atomic E-state index is 0.0740. The smallest absolute Gasteiger partial charge is 0.228 e. The van der Waals surface area contributed by atoms with Crippen LogP contribution >= 0.6 is 0 Å². The molecule has 4 N–H and O–H groups in total. The summed E-state index contributed by atoms with van der Waals surface area (Å²) in [6.45, 7) is 1.55. The third-order valence-corrected chi connectivity index (χ3v) is 3.40. The second-order valence-corrected chi connectivity index (χ2v) is 5.07. The van der Waals surface area contributed by atoms with Crippen molar-refractivity contribution in [3.05, 3.63) is 59.2 Å². The summed E-state index contributed by atoms with van der Waals surface area (Å²) in [5.41, 5.74) is 10.9. The summed E-state index contributed by atoms with van der Waals surface area (Å²) in [6.07, 6.45) is 0.485. The van der Waals surface area contributed by atoms with Crippen LogP contribution in [0.1, 0.15) is 16.7 Å². The molecule has 0 atom stereocenters. The van der Waals surface area contributed by atoms with Crippen molar-refractivity contribution in [2.75, 3.05) is 11.1 Å². The highest BCUT2D eigenvalue weighted by Gasteiger charge is 2.17. The average molecular weight is 267 g/mol. The molecule has 0 radical (unpaired) electrons. The molecule has 4 nitrogen and oxygen atoms in total. The van der Waals surface area contributed by atoms with Crippen LogP contribution in [0.3, 0.4) is 0 Å². The van der Waals surface area contributed by atoms with Crippen LogP contribution in [0.25, 0.3) is 0 Å². The lowest BCUT2D eigenvalue weighted by Gasteiger charge is -2.07. The zero-order chi connectivity index (χ0) is 13.9. The highest BCUT2D eigenvalue weighted by atomic mass is 16.1. The van der Waals surface area contributed by atoms with Gasteiger partial charge in [0.05, 0.1) is 6.42 Å². The number of carbonyl (C=O) groups is 1. The second kappa shape index (κ2) is 5.35. The Hall–Kier alpha value is -2.33. The molecule has 0 saturated heterocycles. The molecule has 102 valence electrons. The minimum atomic E-state index is 0.0740. The number of fused-ring (bicyclic) bond motifs is 1. The van der Waals surface area contributed by atoms with Crippen LogP contribution in [-0.2, 0) is 24.3 Å². The molecule has 0 spiro atoms. The molecular weight excluding hydrogens is 250 g/mol. The van der Waals surface area contributed by atoms with Gasteiger partial charge in [-0.3, -0.25) is 4.79 Å². The van der Waals surface area contributed by atoms with Crippen LogP contribution in [0.5, 0.6) is 0 Å². The van der Waals surface area contributed by atoms with E-state index >= 15 is 0 Å². The Labute approximate surface area is 118 Å². The molecule has 2 aromatic rings. The SMILES string of the molecule is Nc1cccc(CNCc2ccc3c(c2)CC(=O)N3)c1. The van der Waals surface area contributed by atoms with E-state index in [1.54, 1.807) is 0 Å². The highest BCUT2D eigenvalue weighted by Crippen LogP contribution is 2.23. The van der Waals surface area contributed by atoms with Gasteiger partial charge in [0.25, 0.3) is 0 Å². The molecule has 1 aliphatic rings. The molecular formula is C16H17N3O. The van der Waals surface area contributed by atoms with E-state index in [-0.39, 0.29) is 5.91 Å². The average Bonchev–Trinajstić information content (AvgIpc) is 2.78. The van der Waals surface area contributed by atoms with Crippen LogP contribution in [0.4, 0.5) is 11.4 Å². The van der Waals surface area contributed by atoms with Crippen molar-refractivity contribution in [2.24, 2.45) is 0 Å². The Kier molecular flexibility index (Phi) is 3.39. The van der Waals surface area contributed by atoms with Gasteiger partial charge in [-0.2, -0.15) is 0 Å². The van der Waals surface area contributed by atoms with E-state index in [2.05, 4.69) is 22.8 Å². The van der Waals surface area contributed by atoms with Gasteiger partial charge in [0.15, 0.2) is 0 Å². The first-order chi connectivity index (χ1) is 9.70. The summed E-state index contributed by atoms with van der Waals surface area (Å²) < 4.78 is 0. The minimum Gasteiger partial charge on any atom is -0.399 e. The Morgan fingerprint density at radius 3 is 2.70 bits per heavy atom. The van der Waals surface area contributed by atoms with Gasteiger partial charge in [0.1, 0.15) is 0 Å². The summed E-state index contributed by atoms with van der Waals surface area (Å²) in [5.74, 6) is 0.0740. The van der Waals surface area contributed by atoms with E-state index in [1.165, 1.54) is 11.1 Å². The van der Waals surface area contributed by atoms with Gasteiger partial charge in [0.2, 0.25) is 5.91 Å². The summed E-state index contributed by atoms with van der Waals surface area (Å²) in [5, 5.41) is 6.23. The van der Waals surface area contributed by atoms with Crippen LogP contribution in [-0.4, -0.2) is 5.91 Å². The van der Waals surface area contributed by atoms with Gasteiger partial charge in [0, 0.05) is 24.5 Å². The number of anilines is 2. The van der Waals surface area contributed by atoms with E-state index in [9.17, 15) is 4.79 Å². The van der Waals surface area contributed by atoms with E-state index < -0.39 is 0 Å².